The zero-order chi connectivity index (χ0) is 18.4. The van der Waals surface area contributed by atoms with Crippen LogP contribution in [0.1, 0.15) is 39.5 Å². The Bertz CT molecular complexity index is 653. The van der Waals surface area contributed by atoms with Crippen LogP contribution in [0.25, 0.3) is 0 Å². The van der Waals surface area contributed by atoms with Gasteiger partial charge in [-0.2, -0.15) is 0 Å². The normalized spacial score (nSPS) is 17.4. The number of benzene rings is 1. The van der Waals surface area contributed by atoms with Crippen molar-refractivity contribution in [3.8, 4) is 0 Å². The van der Waals surface area contributed by atoms with Crippen LogP contribution in [0.4, 0.5) is 11.4 Å². The van der Waals surface area contributed by atoms with E-state index in [1.807, 2.05) is 12.1 Å². The Morgan fingerprint density at radius 2 is 1.80 bits per heavy atom. The van der Waals surface area contributed by atoms with Gasteiger partial charge in [0.25, 0.3) is 0 Å². The summed E-state index contributed by atoms with van der Waals surface area (Å²) in [6, 6.07) is 5.38. The predicted molar refractivity (Wildman–Crippen MR) is 101 cm³/mol. The van der Waals surface area contributed by atoms with Crippen LogP contribution in [0.5, 0.6) is 0 Å². The van der Waals surface area contributed by atoms with Crippen LogP contribution in [0.2, 0.25) is 0 Å². The van der Waals surface area contributed by atoms with E-state index in [0.29, 0.717) is 5.69 Å². The van der Waals surface area contributed by atoms with Crippen molar-refractivity contribution in [2.45, 2.75) is 55.8 Å². The van der Waals surface area contributed by atoms with Crippen molar-refractivity contribution < 1.29 is 18.6 Å². The number of hydrogen-bond acceptors (Lipinski definition) is 6. The first-order chi connectivity index (χ1) is 11.9. The van der Waals surface area contributed by atoms with Crippen LogP contribution in [0, 0.1) is 0 Å². The maximum atomic E-state index is 12.6. The molecule has 7 heteroatoms. The molecule has 6 nitrogen and oxygen atoms in total. The first-order valence-electron chi connectivity index (χ1n) is 9.02. The summed E-state index contributed by atoms with van der Waals surface area (Å²) in [4.78, 5) is 2.53. The maximum absolute atomic E-state index is 12.6. The Morgan fingerprint density at radius 3 is 2.36 bits per heavy atom. The molecule has 1 aliphatic heterocycles. The van der Waals surface area contributed by atoms with Crippen molar-refractivity contribution in [2.24, 2.45) is 0 Å². The molecule has 1 heterocycles. The van der Waals surface area contributed by atoms with E-state index < -0.39 is 21.2 Å². The second-order valence-corrected chi connectivity index (χ2v) is 9.37. The summed E-state index contributed by atoms with van der Waals surface area (Å²) in [5.41, 5.74) is 1.48. The minimum atomic E-state index is -3.44. The molecule has 1 aromatic carbocycles. The molecule has 1 fully saturated rings. The van der Waals surface area contributed by atoms with Gasteiger partial charge in [-0.1, -0.05) is 12.8 Å². The van der Waals surface area contributed by atoms with Crippen LogP contribution in [-0.4, -0.2) is 56.2 Å². The monoisotopic (exact) mass is 370 g/mol. The third-order valence-electron chi connectivity index (χ3n) is 4.60. The molecule has 1 saturated heterocycles. The van der Waals surface area contributed by atoms with E-state index in [1.165, 1.54) is 12.8 Å². The fraction of sp³-hybridized carbons (Fsp3) is 0.667. The molecule has 0 spiro atoms. The lowest BCUT2D eigenvalue weighted by atomic mass is 10.2. The molecule has 0 saturated carbocycles. The molecule has 0 amide bonds. The average molecular weight is 371 g/mol. The SMILES string of the molecule is CC(C)S(=O)(=O)c1ccc(N2CCCCCC2)cc1NCC(O)CO. The van der Waals surface area contributed by atoms with Gasteiger partial charge in [0, 0.05) is 25.3 Å². The van der Waals surface area contributed by atoms with Gasteiger partial charge in [0.05, 0.1) is 28.5 Å². The predicted octanol–water partition coefficient (Wildman–Crippen LogP) is 2.01. The average Bonchev–Trinajstić information content (AvgIpc) is 2.88. The summed E-state index contributed by atoms with van der Waals surface area (Å²) in [7, 11) is -3.44. The fourth-order valence-electron chi connectivity index (χ4n) is 2.98. The summed E-state index contributed by atoms with van der Waals surface area (Å²) in [6.07, 6.45) is 3.79. The van der Waals surface area contributed by atoms with Gasteiger partial charge in [-0.3, -0.25) is 0 Å². The lowest BCUT2D eigenvalue weighted by Crippen LogP contribution is -2.26. The molecule has 0 aliphatic carbocycles. The summed E-state index contributed by atoms with van der Waals surface area (Å²) < 4.78 is 25.3. The van der Waals surface area contributed by atoms with Crippen LogP contribution in [0.15, 0.2) is 23.1 Å². The Balaban J connectivity index is 2.35. The largest absolute Gasteiger partial charge is 0.394 e. The number of nitrogens with one attached hydrogen (secondary N) is 1. The summed E-state index contributed by atoms with van der Waals surface area (Å²) in [5, 5.41) is 21.1. The van der Waals surface area contributed by atoms with Gasteiger partial charge in [0.15, 0.2) is 9.84 Å². The highest BCUT2D eigenvalue weighted by molar-refractivity contribution is 7.92. The zero-order valence-electron chi connectivity index (χ0n) is 15.1. The Morgan fingerprint density at radius 1 is 1.16 bits per heavy atom. The van der Waals surface area contributed by atoms with Gasteiger partial charge in [0.1, 0.15) is 0 Å². The molecule has 0 bridgehead atoms. The molecule has 2 rings (SSSR count). The van der Waals surface area contributed by atoms with Gasteiger partial charge < -0.3 is 20.4 Å². The molecule has 0 radical (unpaired) electrons. The molecule has 1 atom stereocenters. The first-order valence-corrected chi connectivity index (χ1v) is 10.6. The van der Waals surface area contributed by atoms with Gasteiger partial charge in [-0.25, -0.2) is 8.42 Å². The van der Waals surface area contributed by atoms with Crippen molar-refractivity contribution in [3.05, 3.63) is 18.2 Å². The maximum Gasteiger partial charge on any atom is 0.182 e. The minimum Gasteiger partial charge on any atom is -0.394 e. The Hall–Kier alpha value is -1.31. The van der Waals surface area contributed by atoms with Crippen LogP contribution in [-0.2, 0) is 9.84 Å². The van der Waals surface area contributed by atoms with Gasteiger partial charge in [-0.15, -0.1) is 0 Å². The van der Waals surface area contributed by atoms with Crippen molar-refractivity contribution in [1.29, 1.82) is 0 Å². The van der Waals surface area contributed by atoms with Crippen molar-refractivity contribution >= 4 is 21.2 Å². The molecule has 3 N–H and O–H groups in total. The summed E-state index contributed by atoms with van der Waals surface area (Å²) in [6.45, 7) is 4.98. The van der Waals surface area contributed by atoms with Crippen molar-refractivity contribution in [3.63, 3.8) is 0 Å². The lowest BCUT2D eigenvalue weighted by molar-refractivity contribution is 0.105. The molecule has 0 aromatic heterocycles. The van der Waals surface area contributed by atoms with Crippen molar-refractivity contribution in [1.82, 2.24) is 0 Å². The number of anilines is 2. The van der Waals surface area contributed by atoms with E-state index in [9.17, 15) is 13.5 Å². The van der Waals surface area contributed by atoms with Gasteiger partial charge in [0.2, 0.25) is 0 Å². The van der Waals surface area contributed by atoms with E-state index in [2.05, 4.69) is 10.2 Å². The number of aliphatic hydroxyl groups is 2. The number of rotatable bonds is 7. The summed E-state index contributed by atoms with van der Waals surface area (Å²) >= 11 is 0. The Kier molecular flexibility index (Phi) is 7.10. The molecule has 1 aromatic rings. The van der Waals surface area contributed by atoms with Gasteiger partial charge in [-0.05, 0) is 44.9 Å². The van der Waals surface area contributed by atoms with Crippen molar-refractivity contribution in [2.75, 3.05) is 36.5 Å². The van der Waals surface area contributed by atoms with E-state index >= 15 is 0 Å². The third-order valence-corrected chi connectivity index (χ3v) is 6.81. The topological polar surface area (TPSA) is 89.9 Å². The molecular formula is C18H30N2O4S. The number of nitrogens with zero attached hydrogens (tertiary/aromatic N) is 1. The molecule has 1 aliphatic rings. The number of sulfone groups is 1. The quantitative estimate of drug-likeness (QED) is 0.680. The highest BCUT2D eigenvalue weighted by Crippen LogP contribution is 2.31. The van der Waals surface area contributed by atoms with E-state index in [4.69, 9.17) is 5.11 Å². The third kappa shape index (κ3) is 5.09. The molecule has 1 unspecified atom stereocenters. The van der Waals surface area contributed by atoms with E-state index in [-0.39, 0.29) is 18.0 Å². The van der Waals surface area contributed by atoms with Crippen LogP contribution >= 0.6 is 0 Å². The van der Waals surface area contributed by atoms with E-state index in [0.717, 1.165) is 31.6 Å². The van der Waals surface area contributed by atoms with Crippen LogP contribution in [0.3, 0.4) is 0 Å². The van der Waals surface area contributed by atoms with Crippen LogP contribution < -0.4 is 10.2 Å². The second kappa shape index (κ2) is 8.87. The lowest BCUT2D eigenvalue weighted by Gasteiger charge is -2.25. The minimum absolute atomic E-state index is 0.0978. The Labute approximate surface area is 150 Å². The smallest absolute Gasteiger partial charge is 0.182 e. The van der Waals surface area contributed by atoms with Gasteiger partial charge >= 0.3 is 0 Å². The number of hydrogen-bond donors (Lipinski definition) is 3. The summed E-state index contributed by atoms with van der Waals surface area (Å²) in [5.74, 6) is 0. The molecule has 25 heavy (non-hydrogen) atoms. The van der Waals surface area contributed by atoms with E-state index in [1.54, 1.807) is 19.9 Å². The number of aliphatic hydroxyl groups excluding tert-OH is 2. The zero-order valence-corrected chi connectivity index (χ0v) is 15.9. The molecule has 142 valence electrons. The molecular weight excluding hydrogens is 340 g/mol. The fourth-order valence-corrected chi connectivity index (χ4v) is 4.18. The highest BCUT2D eigenvalue weighted by Gasteiger charge is 2.24. The first kappa shape index (κ1) is 20.0. The standard InChI is InChI=1S/C18H30N2O4S/c1-14(2)25(23,24)18-8-7-15(20-9-5-3-4-6-10-20)11-17(18)19-12-16(22)13-21/h7-8,11,14,16,19,21-22H,3-6,9-10,12-13H2,1-2H3. The second-order valence-electron chi connectivity index (χ2n) is 6.89. The highest BCUT2D eigenvalue weighted by atomic mass is 32.2.